The number of nitro groups is 1. The second kappa shape index (κ2) is 3.82. The zero-order chi connectivity index (χ0) is 11.7. The number of hydrogen-bond donors (Lipinski definition) is 2. The number of phenols is 1. The van der Waals surface area contributed by atoms with Gasteiger partial charge in [-0.2, -0.15) is 0 Å². The van der Waals surface area contributed by atoms with E-state index >= 15 is 0 Å². The Bertz CT molecular complexity index is 551. The summed E-state index contributed by atoms with van der Waals surface area (Å²) in [5.41, 5.74) is 6.49. The van der Waals surface area contributed by atoms with E-state index in [1.54, 1.807) is 18.2 Å². The lowest BCUT2D eigenvalue weighted by atomic mass is 10.1. The summed E-state index contributed by atoms with van der Waals surface area (Å²) in [4.78, 5) is 10.7. The topological polar surface area (TPSA) is 89.4 Å². The molecule has 3 N–H and O–H groups in total. The number of benzene rings is 1. The van der Waals surface area contributed by atoms with E-state index in [9.17, 15) is 15.2 Å². The number of nitrogen functional groups attached to an aromatic ring is 1. The number of anilines is 1. The molecule has 0 aliphatic heterocycles. The summed E-state index contributed by atoms with van der Waals surface area (Å²) in [5.74, 6) is 0.0248. The van der Waals surface area contributed by atoms with Crippen molar-refractivity contribution in [2.24, 2.45) is 0 Å². The Labute approximate surface area is 94.9 Å². The second-order valence-corrected chi connectivity index (χ2v) is 4.23. The third kappa shape index (κ3) is 1.82. The van der Waals surface area contributed by atoms with Gasteiger partial charge in [-0.05, 0) is 18.2 Å². The predicted molar refractivity (Wildman–Crippen MR) is 62.5 cm³/mol. The number of phenolic OH excluding ortho intramolecular Hbond substituents is 1. The van der Waals surface area contributed by atoms with E-state index in [-0.39, 0.29) is 10.8 Å². The summed E-state index contributed by atoms with van der Waals surface area (Å²) in [6, 6.07) is 7.71. The van der Waals surface area contributed by atoms with Crippen LogP contribution in [0.3, 0.4) is 0 Å². The summed E-state index contributed by atoms with van der Waals surface area (Å²) >= 11 is 1.01. The van der Waals surface area contributed by atoms with Crippen molar-refractivity contribution in [3.63, 3.8) is 0 Å². The first-order chi connectivity index (χ1) is 7.58. The fraction of sp³-hybridized carbons (Fsp3) is 0. The molecule has 0 bridgehead atoms. The average Bonchev–Trinajstić information content (AvgIpc) is 2.66. The van der Waals surface area contributed by atoms with E-state index in [1.165, 1.54) is 12.1 Å². The lowest BCUT2D eigenvalue weighted by Gasteiger charge is -2.01. The Morgan fingerprint density at radius 2 is 2.06 bits per heavy atom. The van der Waals surface area contributed by atoms with Crippen LogP contribution in [0.15, 0.2) is 30.3 Å². The molecule has 0 amide bonds. The fourth-order valence-electron chi connectivity index (χ4n) is 1.33. The van der Waals surface area contributed by atoms with Crippen LogP contribution in [0.1, 0.15) is 0 Å². The van der Waals surface area contributed by atoms with E-state index in [2.05, 4.69) is 0 Å². The van der Waals surface area contributed by atoms with Gasteiger partial charge in [0.1, 0.15) is 5.75 Å². The molecule has 1 aromatic heterocycles. The first kappa shape index (κ1) is 10.4. The van der Waals surface area contributed by atoms with Crippen molar-refractivity contribution in [1.29, 1.82) is 0 Å². The predicted octanol–water partition coefficient (Wildman–Crippen LogP) is 2.61. The summed E-state index contributed by atoms with van der Waals surface area (Å²) in [6.45, 7) is 0. The van der Waals surface area contributed by atoms with Crippen molar-refractivity contribution in [2.45, 2.75) is 0 Å². The Hall–Kier alpha value is -2.08. The van der Waals surface area contributed by atoms with Crippen molar-refractivity contribution >= 4 is 22.0 Å². The zero-order valence-corrected chi connectivity index (χ0v) is 8.90. The highest BCUT2D eigenvalue weighted by Crippen LogP contribution is 2.37. The van der Waals surface area contributed by atoms with Gasteiger partial charge < -0.3 is 10.8 Å². The number of hydrogen-bond acceptors (Lipinski definition) is 5. The van der Waals surface area contributed by atoms with Gasteiger partial charge in [-0.3, -0.25) is 10.1 Å². The maximum Gasteiger partial charge on any atom is 0.324 e. The largest absolute Gasteiger partial charge is 0.507 e. The smallest absolute Gasteiger partial charge is 0.324 e. The highest BCUT2D eigenvalue weighted by molar-refractivity contribution is 7.18. The summed E-state index contributed by atoms with van der Waals surface area (Å²) in [6.07, 6.45) is 0. The molecule has 1 heterocycles. The highest BCUT2D eigenvalue weighted by Gasteiger charge is 2.13. The molecular formula is C10H8N2O3S. The van der Waals surface area contributed by atoms with Gasteiger partial charge in [0.15, 0.2) is 0 Å². The summed E-state index contributed by atoms with van der Waals surface area (Å²) < 4.78 is 0. The van der Waals surface area contributed by atoms with Crippen molar-refractivity contribution in [3.8, 4) is 16.2 Å². The SMILES string of the molecule is Nc1ccc(-c2ccc([N+](=O)[O-])s2)c(O)c1. The van der Waals surface area contributed by atoms with Crippen molar-refractivity contribution in [3.05, 3.63) is 40.4 Å². The van der Waals surface area contributed by atoms with E-state index in [0.717, 1.165) is 11.3 Å². The number of thiophene rings is 1. The minimum absolute atomic E-state index is 0.0248. The molecule has 5 nitrogen and oxygen atoms in total. The van der Waals surface area contributed by atoms with Gasteiger partial charge in [0, 0.05) is 28.3 Å². The van der Waals surface area contributed by atoms with E-state index in [4.69, 9.17) is 5.73 Å². The molecule has 0 saturated heterocycles. The minimum atomic E-state index is -0.456. The van der Waals surface area contributed by atoms with Gasteiger partial charge in [0.05, 0.1) is 4.92 Å². The molecule has 82 valence electrons. The number of nitrogens with two attached hydrogens (primary N) is 1. The molecule has 0 fully saturated rings. The Morgan fingerprint density at radius 1 is 1.31 bits per heavy atom. The highest BCUT2D eigenvalue weighted by atomic mass is 32.1. The second-order valence-electron chi connectivity index (χ2n) is 3.17. The first-order valence-corrected chi connectivity index (χ1v) is 5.22. The Kier molecular flexibility index (Phi) is 2.49. The number of nitrogens with zero attached hydrogens (tertiary/aromatic N) is 1. The lowest BCUT2D eigenvalue weighted by molar-refractivity contribution is -0.380. The fourth-order valence-corrected chi connectivity index (χ4v) is 2.18. The van der Waals surface area contributed by atoms with Crippen LogP contribution in [0.5, 0.6) is 5.75 Å². The van der Waals surface area contributed by atoms with Gasteiger partial charge in [-0.15, -0.1) is 0 Å². The van der Waals surface area contributed by atoms with E-state index < -0.39 is 4.92 Å². The van der Waals surface area contributed by atoms with Gasteiger partial charge in [-0.1, -0.05) is 11.3 Å². The molecule has 0 atom stereocenters. The molecule has 0 saturated carbocycles. The van der Waals surface area contributed by atoms with Crippen molar-refractivity contribution in [1.82, 2.24) is 0 Å². The first-order valence-electron chi connectivity index (χ1n) is 4.41. The molecule has 0 radical (unpaired) electrons. The van der Waals surface area contributed by atoms with Gasteiger partial charge in [-0.25, -0.2) is 0 Å². The molecule has 0 unspecified atom stereocenters. The molecule has 16 heavy (non-hydrogen) atoms. The Balaban J connectivity index is 2.46. The molecule has 0 aliphatic rings. The molecule has 0 aliphatic carbocycles. The van der Waals surface area contributed by atoms with Gasteiger partial charge >= 0.3 is 5.00 Å². The van der Waals surface area contributed by atoms with Crippen LogP contribution in [0.2, 0.25) is 0 Å². The quantitative estimate of drug-likeness (QED) is 0.476. The molecule has 1 aromatic carbocycles. The molecule has 2 aromatic rings. The molecule has 2 rings (SSSR count). The van der Waals surface area contributed by atoms with Crippen LogP contribution in [-0.4, -0.2) is 10.0 Å². The van der Waals surface area contributed by atoms with E-state index in [0.29, 0.717) is 16.1 Å². The monoisotopic (exact) mass is 236 g/mol. The third-order valence-electron chi connectivity index (χ3n) is 2.06. The van der Waals surface area contributed by atoms with Gasteiger partial charge in [0.25, 0.3) is 0 Å². The van der Waals surface area contributed by atoms with Crippen LogP contribution >= 0.6 is 11.3 Å². The normalized spacial score (nSPS) is 10.2. The van der Waals surface area contributed by atoms with Crippen LogP contribution in [-0.2, 0) is 0 Å². The zero-order valence-electron chi connectivity index (χ0n) is 8.08. The maximum absolute atomic E-state index is 10.5. The molecule has 6 heteroatoms. The van der Waals surface area contributed by atoms with Crippen LogP contribution in [0, 0.1) is 10.1 Å². The Morgan fingerprint density at radius 3 is 2.62 bits per heavy atom. The standard InChI is InChI=1S/C10H8N2O3S/c11-6-1-2-7(8(13)5-6)9-3-4-10(16-9)12(14)15/h1-5,13H,11H2. The molecular weight excluding hydrogens is 228 g/mol. The average molecular weight is 236 g/mol. The van der Waals surface area contributed by atoms with Crippen molar-refractivity contribution < 1.29 is 10.0 Å². The lowest BCUT2D eigenvalue weighted by Crippen LogP contribution is -1.84. The van der Waals surface area contributed by atoms with E-state index in [1.807, 2.05) is 0 Å². The van der Waals surface area contributed by atoms with Gasteiger partial charge in [0.2, 0.25) is 0 Å². The van der Waals surface area contributed by atoms with Crippen LogP contribution in [0.4, 0.5) is 10.7 Å². The van der Waals surface area contributed by atoms with Crippen LogP contribution in [0.25, 0.3) is 10.4 Å². The summed E-state index contributed by atoms with van der Waals surface area (Å²) in [5, 5.41) is 20.2. The molecule has 0 spiro atoms. The van der Waals surface area contributed by atoms with Crippen molar-refractivity contribution in [2.75, 3.05) is 5.73 Å². The number of aromatic hydroxyl groups is 1. The maximum atomic E-state index is 10.5. The van der Waals surface area contributed by atoms with Crippen LogP contribution < -0.4 is 5.73 Å². The minimum Gasteiger partial charge on any atom is -0.507 e. The summed E-state index contributed by atoms with van der Waals surface area (Å²) in [7, 11) is 0. The number of rotatable bonds is 2. The third-order valence-corrected chi connectivity index (χ3v) is 3.13.